The monoisotopic (exact) mass is 269 g/mol. The number of nitrogens with zero attached hydrogens (tertiary/aromatic N) is 1. The molecule has 0 spiro atoms. The molecule has 1 saturated heterocycles. The molecule has 1 fully saturated rings. The SMILES string of the molecule is CC1(O)CCN(C(=O)c2ccc3ccccc3c2)CC1. The number of carbonyl (C=O) groups excluding carboxylic acids is 1. The Bertz CT molecular complexity index is 638. The quantitative estimate of drug-likeness (QED) is 0.864. The first-order valence-electron chi connectivity index (χ1n) is 7.06. The second-order valence-electron chi connectivity index (χ2n) is 5.85. The van der Waals surface area contributed by atoms with Crippen molar-refractivity contribution in [2.75, 3.05) is 13.1 Å². The number of carbonyl (C=O) groups is 1. The van der Waals surface area contributed by atoms with E-state index < -0.39 is 5.60 Å². The summed E-state index contributed by atoms with van der Waals surface area (Å²) in [4.78, 5) is 14.3. The molecule has 1 heterocycles. The fraction of sp³-hybridized carbons (Fsp3) is 0.353. The zero-order valence-corrected chi connectivity index (χ0v) is 11.7. The van der Waals surface area contributed by atoms with Gasteiger partial charge in [0.2, 0.25) is 0 Å². The van der Waals surface area contributed by atoms with E-state index in [0.717, 1.165) is 16.3 Å². The molecule has 0 unspecified atom stereocenters. The molecule has 104 valence electrons. The Balaban J connectivity index is 1.82. The van der Waals surface area contributed by atoms with E-state index in [4.69, 9.17) is 0 Å². The maximum absolute atomic E-state index is 12.5. The molecule has 0 aliphatic carbocycles. The van der Waals surface area contributed by atoms with Crippen LogP contribution in [-0.4, -0.2) is 34.6 Å². The van der Waals surface area contributed by atoms with Crippen LogP contribution < -0.4 is 0 Å². The summed E-state index contributed by atoms with van der Waals surface area (Å²) in [6, 6.07) is 13.9. The molecule has 1 amide bonds. The van der Waals surface area contributed by atoms with Crippen molar-refractivity contribution in [3.8, 4) is 0 Å². The first kappa shape index (κ1) is 13.1. The summed E-state index contributed by atoms with van der Waals surface area (Å²) >= 11 is 0. The highest BCUT2D eigenvalue weighted by Gasteiger charge is 2.29. The summed E-state index contributed by atoms with van der Waals surface area (Å²) in [5.41, 5.74) is 0.102. The van der Waals surface area contributed by atoms with Gasteiger partial charge in [-0.15, -0.1) is 0 Å². The predicted octanol–water partition coefficient (Wildman–Crippen LogP) is 2.83. The third-order valence-electron chi connectivity index (χ3n) is 4.12. The normalized spacial score (nSPS) is 18.2. The van der Waals surface area contributed by atoms with Crippen molar-refractivity contribution < 1.29 is 9.90 Å². The van der Waals surface area contributed by atoms with Crippen LogP contribution in [0.25, 0.3) is 10.8 Å². The van der Waals surface area contributed by atoms with Gasteiger partial charge in [0.1, 0.15) is 0 Å². The van der Waals surface area contributed by atoms with E-state index in [0.29, 0.717) is 25.9 Å². The second kappa shape index (κ2) is 4.91. The average Bonchev–Trinajstić information content (AvgIpc) is 2.46. The number of benzene rings is 2. The molecule has 2 aromatic carbocycles. The van der Waals surface area contributed by atoms with E-state index in [1.165, 1.54) is 0 Å². The third-order valence-corrected chi connectivity index (χ3v) is 4.12. The van der Waals surface area contributed by atoms with Crippen LogP contribution in [0, 0.1) is 0 Å². The van der Waals surface area contributed by atoms with Gasteiger partial charge in [0.05, 0.1) is 5.60 Å². The fourth-order valence-corrected chi connectivity index (χ4v) is 2.70. The van der Waals surface area contributed by atoms with Gasteiger partial charge in [0.25, 0.3) is 5.91 Å². The zero-order valence-electron chi connectivity index (χ0n) is 11.7. The molecule has 2 aromatic rings. The highest BCUT2D eigenvalue weighted by molar-refractivity contribution is 5.98. The number of amides is 1. The second-order valence-corrected chi connectivity index (χ2v) is 5.85. The minimum atomic E-state index is -0.625. The van der Waals surface area contributed by atoms with Crippen LogP contribution in [0.3, 0.4) is 0 Å². The molecule has 0 aromatic heterocycles. The molecule has 20 heavy (non-hydrogen) atoms. The Morgan fingerprint density at radius 2 is 1.75 bits per heavy atom. The molecule has 0 saturated carbocycles. The van der Waals surface area contributed by atoms with Gasteiger partial charge in [0.15, 0.2) is 0 Å². The van der Waals surface area contributed by atoms with Crippen molar-refractivity contribution >= 4 is 16.7 Å². The summed E-state index contributed by atoms with van der Waals surface area (Å²) in [7, 11) is 0. The Labute approximate surface area is 118 Å². The van der Waals surface area contributed by atoms with Gasteiger partial charge in [-0.25, -0.2) is 0 Å². The number of hydrogen-bond acceptors (Lipinski definition) is 2. The van der Waals surface area contributed by atoms with Crippen molar-refractivity contribution in [2.45, 2.75) is 25.4 Å². The van der Waals surface area contributed by atoms with Gasteiger partial charge in [0, 0.05) is 18.7 Å². The lowest BCUT2D eigenvalue weighted by Gasteiger charge is -2.35. The lowest BCUT2D eigenvalue weighted by Crippen LogP contribution is -2.45. The van der Waals surface area contributed by atoms with Crippen LogP contribution in [0.1, 0.15) is 30.1 Å². The number of fused-ring (bicyclic) bond motifs is 1. The van der Waals surface area contributed by atoms with E-state index in [-0.39, 0.29) is 5.91 Å². The molecule has 0 bridgehead atoms. The summed E-state index contributed by atoms with van der Waals surface area (Å²) in [6.45, 7) is 3.09. The van der Waals surface area contributed by atoms with Gasteiger partial charge >= 0.3 is 0 Å². The smallest absolute Gasteiger partial charge is 0.253 e. The molecule has 3 rings (SSSR count). The zero-order chi connectivity index (χ0) is 14.2. The number of aliphatic hydroxyl groups is 1. The molecular formula is C17H19NO2. The summed E-state index contributed by atoms with van der Waals surface area (Å²) < 4.78 is 0. The average molecular weight is 269 g/mol. The van der Waals surface area contributed by atoms with Crippen molar-refractivity contribution in [3.63, 3.8) is 0 Å². The fourth-order valence-electron chi connectivity index (χ4n) is 2.70. The van der Waals surface area contributed by atoms with Crippen molar-refractivity contribution in [2.24, 2.45) is 0 Å². The van der Waals surface area contributed by atoms with Gasteiger partial charge < -0.3 is 10.0 Å². The van der Waals surface area contributed by atoms with E-state index in [9.17, 15) is 9.90 Å². The molecule has 1 aliphatic heterocycles. The molecule has 1 N–H and O–H groups in total. The van der Waals surface area contributed by atoms with Gasteiger partial charge in [-0.3, -0.25) is 4.79 Å². The largest absolute Gasteiger partial charge is 0.390 e. The van der Waals surface area contributed by atoms with E-state index >= 15 is 0 Å². The summed E-state index contributed by atoms with van der Waals surface area (Å²) in [5, 5.41) is 12.2. The van der Waals surface area contributed by atoms with Crippen molar-refractivity contribution in [1.82, 2.24) is 4.90 Å². The predicted molar refractivity (Wildman–Crippen MR) is 79.7 cm³/mol. The highest BCUT2D eigenvalue weighted by Crippen LogP contribution is 2.23. The maximum atomic E-state index is 12.5. The van der Waals surface area contributed by atoms with Gasteiger partial charge in [-0.2, -0.15) is 0 Å². The standard InChI is InChI=1S/C17H19NO2/c1-17(20)8-10-18(11-9-17)16(19)15-7-6-13-4-2-3-5-14(13)12-15/h2-7,12,20H,8-11H2,1H3. The number of piperidine rings is 1. The molecule has 1 aliphatic rings. The van der Waals surface area contributed by atoms with E-state index in [2.05, 4.69) is 0 Å². The Morgan fingerprint density at radius 3 is 2.45 bits per heavy atom. The van der Waals surface area contributed by atoms with Crippen LogP contribution in [0.2, 0.25) is 0 Å². The molecule has 0 atom stereocenters. The van der Waals surface area contributed by atoms with Crippen molar-refractivity contribution in [1.29, 1.82) is 0 Å². The first-order chi connectivity index (χ1) is 9.55. The number of rotatable bonds is 1. The lowest BCUT2D eigenvalue weighted by atomic mass is 9.93. The maximum Gasteiger partial charge on any atom is 0.253 e. The third kappa shape index (κ3) is 2.54. The first-order valence-corrected chi connectivity index (χ1v) is 7.06. The number of likely N-dealkylation sites (tertiary alicyclic amines) is 1. The summed E-state index contributed by atoms with van der Waals surface area (Å²) in [6.07, 6.45) is 1.29. The minimum Gasteiger partial charge on any atom is -0.390 e. The Hall–Kier alpha value is -1.87. The number of hydrogen-bond donors (Lipinski definition) is 1. The van der Waals surface area contributed by atoms with E-state index in [1.807, 2.05) is 54.3 Å². The van der Waals surface area contributed by atoms with Crippen molar-refractivity contribution in [3.05, 3.63) is 48.0 Å². The summed E-state index contributed by atoms with van der Waals surface area (Å²) in [5.74, 6) is 0.0613. The van der Waals surface area contributed by atoms with Crippen LogP contribution in [0.15, 0.2) is 42.5 Å². The van der Waals surface area contributed by atoms with E-state index in [1.54, 1.807) is 0 Å². The Kier molecular flexibility index (Phi) is 3.22. The molecule has 3 nitrogen and oxygen atoms in total. The van der Waals surface area contributed by atoms with Gasteiger partial charge in [-0.05, 0) is 42.7 Å². The molecule has 0 radical (unpaired) electrons. The van der Waals surface area contributed by atoms with Crippen LogP contribution in [0.4, 0.5) is 0 Å². The molecule has 3 heteroatoms. The highest BCUT2D eigenvalue weighted by atomic mass is 16.3. The lowest BCUT2D eigenvalue weighted by molar-refractivity contribution is -0.00201. The van der Waals surface area contributed by atoms with Gasteiger partial charge in [-0.1, -0.05) is 30.3 Å². The molecular weight excluding hydrogens is 250 g/mol. The minimum absolute atomic E-state index is 0.0613. The van der Waals surface area contributed by atoms with Crippen LogP contribution >= 0.6 is 0 Å². The van der Waals surface area contributed by atoms with Crippen LogP contribution in [0.5, 0.6) is 0 Å². The Morgan fingerprint density at radius 1 is 1.10 bits per heavy atom. The van der Waals surface area contributed by atoms with Crippen LogP contribution in [-0.2, 0) is 0 Å². The topological polar surface area (TPSA) is 40.5 Å².